The van der Waals surface area contributed by atoms with Crippen molar-refractivity contribution in [3.8, 4) is 16.9 Å². The van der Waals surface area contributed by atoms with Crippen LogP contribution in [0.4, 0.5) is 5.82 Å². The molecule has 0 unspecified atom stereocenters. The number of aryl methyl sites for hydroxylation is 2. The lowest BCUT2D eigenvalue weighted by atomic mass is 9.89. The van der Waals surface area contributed by atoms with Crippen molar-refractivity contribution in [2.75, 3.05) is 5.73 Å². The number of hydrogen-bond donors (Lipinski definition) is 4. The largest absolute Gasteiger partial charge is 0.489 e. The number of nitrogens with one attached hydrogen (secondary N) is 1. The molecule has 0 amide bonds. The summed E-state index contributed by atoms with van der Waals surface area (Å²) in [7, 11) is 0. The highest BCUT2D eigenvalue weighted by Crippen LogP contribution is 2.36. The predicted octanol–water partition coefficient (Wildman–Crippen LogP) is 3.22. The number of carbonyl (C=O) groups is 2. The Morgan fingerprint density at radius 3 is 2.07 bits per heavy atom. The van der Waals surface area contributed by atoms with Crippen molar-refractivity contribution in [1.82, 2.24) is 4.98 Å². The molecule has 0 spiro atoms. The molecule has 0 saturated heterocycles. The van der Waals surface area contributed by atoms with Gasteiger partial charge < -0.3 is 25.7 Å². The van der Waals surface area contributed by atoms with Crippen LogP contribution in [0.25, 0.3) is 11.1 Å². The topological polar surface area (TPSA) is 143 Å². The average Bonchev–Trinajstić information content (AvgIpc) is 2.65. The van der Waals surface area contributed by atoms with Gasteiger partial charge in [-0.1, -0.05) is 30.3 Å². The maximum Gasteiger partial charge on any atom is 0.342 e. The van der Waals surface area contributed by atoms with Crippen molar-refractivity contribution >= 4 is 17.8 Å². The molecule has 3 aromatic rings. The molecule has 0 aliphatic carbocycles. The van der Waals surface area contributed by atoms with E-state index in [1.165, 1.54) is 0 Å². The Kier molecular flexibility index (Phi) is 5.59. The molecule has 0 atom stereocenters. The summed E-state index contributed by atoms with van der Waals surface area (Å²) in [6, 6.07) is 12.9. The second-order valence-corrected chi connectivity index (χ2v) is 6.81. The third-order valence-corrected chi connectivity index (χ3v) is 4.68. The lowest BCUT2D eigenvalue weighted by Crippen LogP contribution is -2.24. The molecule has 3 rings (SSSR count). The number of ether oxygens (including phenoxy) is 1. The zero-order valence-corrected chi connectivity index (χ0v) is 16.4. The number of aromatic amines is 1. The third kappa shape index (κ3) is 3.88. The number of carboxylic acids is 2. The van der Waals surface area contributed by atoms with Crippen molar-refractivity contribution in [2.45, 2.75) is 20.5 Å². The Balaban J connectivity index is 2.16. The van der Waals surface area contributed by atoms with Crippen LogP contribution in [-0.4, -0.2) is 27.1 Å². The minimum absolute atomic E-state index is 0.221. The van der Waals surface area contributed by atoms with Gasteiger partial charge >= 0.3 is 11.9 Å². The Labute approximate surface area is 171 Å². The van der Waals surface area contributed by atoms with Gasteiger partial charge in [0.1, 0.15) is 29.3 Å². The summed E-state index contributed by atoms with van der Waals surface area (Å²) in [6.45, 7) is 3.70. The Hall–Kier alpha value is -4.07. The molecule has 8 heteroatoms. The van der Waals surface area contributed by atoms with Crippen molar-refractivity contribution in [2.24, 2.45) is 0 Å². The molecule has 154 valence electrons. The van der Waals surface area contributed by atoms with Gasteiger partial charge in [0.2, 0.25) is 0 Å². The number of aromatic carboxylic acids is 2. The zero-order chi connectivity index (χ0) is 22.0. The standard InChI is InChI=1S/C22H20N2O6/c1-11-8-14(30-10-13-6-4-3-5-7-13)9-12(2)15(11)16-17(21(26)27)19(23)24-20(25)18(16)22(28)29/h3-9H,10H2,1-2H3,(H,26,27)(H,28,29)(H3,23,24,25). The molecule has 0 bridgehead atoms. The van der Waals surface area contributed by atoms with Gasteiger partial charge in [0, 0.05) is 5.56 Å². The lowest BCUT2D eigenvalue weighted by Gasteiger charge is -2.18. The SMILES string of the molecule is Cc1cc(OCc2ccccc2)cc(C)c1-c1c(C(=O)O)c(N)[nH]c(=O)c1C(=O)O. The fourth-order valence-electron chi connectivity index (χ4n) is 3.44. The van der Waals surface area contributed by atoms with Gasteiger partial charge in [-0.2, -0.15) is 0 Å². The van der Waals surface area contributed by atoms with Crippen LogP contribution in [0.15, 0.2) is 47.3 Å². The van der Waals surface area contributed by atoms with E-state index in [1.54, 1.807) is 26.0 Å². The van der Waals surface area contributed by atoms with Crippen LogP contribution in [0.3, 0.4) is 0 Å². The normalized spacial score (nSPS) is 10.6. The number of pyridine rings is 1. The number of anilines is 1. The van der Waals surface area contributed by atoms with Crippen molar-refractivity contribution in [3.63, 3.8) is 0 Å². The molecule has 0 saturated carbocycles. The maximum absolute atomic E-state index is 12.3. The second-order valence-electron chi connectivity index (χ2n) is 6.81. The first-order valence-corrected chi connectivity index (χ1v) is 9.01. The van der Waals surface area contributed by atoms with Crippen LogP contribution < -0.4 is 16.0 Å². The Morgan fingerprint density at radius 1 is 0.967 bits per heavy atom. The summed E-state index contributed by atoms with van der Waals surface area (Å²) in [5.41, 5.74) is 5.78. The van der Waals surface area contributed by atoms with E-state index < -0.39 is 34.4 Å². The van der Waals surface area contributed by atoms with E-state index in [4.69, 9.17) is 10.5 Å². The molecular formula is C22H20N2O6. The van der Waals surface area contributed by atoms with Gasteiger partial charge in [0.05, 0.1) is 0 Å². The summed E-state index contributed by atoms with van der Waals surface area (Å²) in [4.78, 5) is 38.0. The van der Waals surface area contributed by atoms with Crippen LogP contribution >= 0.6 is 0 Å². The minimum atomic E-state index is -1.54. The summed E-state index contributed by atoms with van der Waals surface area (Å²) in [5.74, 6) is -2.86. The van der Waals surface area contributed by atoms with E-state index in [9.17, 15) is 24.6 Å². The van der Waals surface area contributed by atoms with E-state index in [0.717, 1.165) is 5.56 Å². The second kappa shape index (κ2) is 8.12. The first-order chi connectivity index (χ1) is 14.2. The van der Waals surface area contributed by atoms with Gasteiger partial charge in [0.15, 0.2) is 0 Å². The highest BCUT2D eigenvalue weighted by atomic mass is 16.5. The maximum atomic E-state index is 12.3. The third-order valence-electron chi connectivity index (χ3n) is 4.68. The molecule has 30 heavy (non-hydrogen) atoms. The number of carboxylic acid groups (broad SMARTS) is 2. The molecular weight excluding hydrogens is 388 g/mol. The molecule has 0 radical (unpaired) electrons. The summed E-state index contributed by atoms with van der Waals surface area (Å²) in [5, 5.41) is 19.2. The van der Waals surface area contributed by atoms with E-state index in [0.29, 0.717) is 29.0 Å². The predicted molar refractivity (Wildman–Crippen MR) is 111 cm³/mol. The number of nitrogens with two attached hydrogens (primary N) is 1. The number of aromatic nitrogens is 1. The Bertz CT molecular complexity index is 1180. The van der Waals surface area contributed by atoms with Crippen LogP contribution in [0.1, 0.15) is 37.4 Å². The highest BCUT2D eigenvalue weighted by molar-refractivity contribution is 6.08. The molecule has 5 N–H and O–H groups in total. The smallest absolute Gasteiger partial charge is 0.342 e. The number of rotatable bonds is 6. The fourth-order valence-corrected chi connectivity index (χ4v) is 3.44. The van der Waals surface area contributed by atoms with Crippen LogP contribution in [0, 0.1) is 13.8 Å². The Morgan fingerprint density at radius 2 is 1.53 bits per heavy atom. The van der Waals surface area contributed by atoms with Crippen LogP contribution in [0.2, 0.25) is 0 Å². The van der Waals surface area contributed by atoms with E-state index >= 15 is 0 Å². The van der Waals surface area contributed by atoms with Gasteiger partial charge in [-0.05, 0) is 48.2 Å². The quantitative estimate of drug-likeness (QED) is 0.490. The van der Waals surface area contributed by atoms with Crippen LogP contribution in [0.5, 0.6) is 5.75 Å². The number of nitrogen functional groups attached to an aromatic ring is 1. The van der Waals surface area contributed by atoms with E-state index in [-0.39, 0.29) is 5.56 Å². The van der Waals surface area contributed by atoms with Gasteiger partial charge in [-0.25, -0.2) is 9.59 Å². The molecule has 0 fully saturated rings. The summed E-state index contributed by atoms with van der Waals surface area (Å²) in [6.07, 6.45) is 0. The zero-order valence-electron chi connectivity index (χ0n) is 16.4. The summed E-state index contributed by atoms with van der Waals surface area (Å²) >= 11 is 0. The van der Waals surface area contributed by atoms with Gasteiger partial charge in [-0.15, -0.1) is 0 Å². The molecule has 2 aromatic carbocycles. The molecule has 1 aromatic heterocycles. The van der Waals surface area contributed by atoms with E-state index in [2.05, 4.69) is 4.98 Å². The first kappa shape index (κ1) is 20.7. The fraction of sp³-hybridized carbons (Fsp3) is 0.136. The van der Waals surface area contributed by atoms with Gasteiger partial charge in [0.25, 0.3) is 5.56 Å². The molecule has 0 aliphatic rings. The average molecular weight is 408 g/mol. The highest BCUT2D eigenvalue weighted by Gasteiger charge is 2.28. The molecule has 0 aliphatic heterocycles. The number of hydrogen-bond acceptors (Lipinski definition) is 5. The van der Waals surface area contributed by atoms with Gasteiger partial charge in [-0.3, -0.25) is 4.79 Å². The number of H-pyrrole nitrogens is 1. The van der Waals surface area contributed by atoms with E-state index in [1.807, 2.05) is 30.3 Å². The van der Waals surface area contributed by atoms with Crippen molar-refractivity contribution < 1.29 is 24.5 Å². The lowest BCUT2D eigenvalue weighted by molar-refractivity contribution is 0.0695. The molecule has 8 nitrogen and oxygen atoms in total. The monoisotopic (exact) mass is 408 g/mol. The molecule has 1 heterocycles. The summed E-state index contributed by atoms with van der Waals surface area (Å²) < 4.78 is 5.82. The minimum Gasteiger partial charge on any atom is -0.489 e. The number of benzene rings is 2. The first-order valence-electron chi connectivity index (χ1n) is 9.01. The van der Waals surface area contributed by atoms with Crippen molar-refractivity contribution in [1.29, 1.82) is 0 Å². The van der Waals surface area contributed by atoms with Crippen molar-refractivity contribution in [3.05, 3.63) is 80.6 Å². The van der Waals surface area contributed by atoms with Crippen LogP contribution in [-0.2, 0) is 6.61 Å².